The number of carbonyl (C=O) groups is 1. The van der Waals surface area contributed by atoms with Crippen LogP contribution in [0.25, 0.3) is 6.08 Å². The smallest absolute Gasteiger partial charge is 0.378 e. The molecule has 1 saturated heterocycles. The molecule has 6 nitrogen and oxygen atoms in total. The molecule has 0 aromatic heterocycles. The Kier molecular flexibility index (Phi) is 9.28. The van der Waals surface area contributed by atoms with Crippen LogP contribution in [0.2, 0.25) is 0 Å². The number of alkyl halides is 6. The molecule has 1 aliphatic heterocycles. The SMILES string of the molecule is Cc1cccc(S(=O)(=O)Nc2cccc(Sc3ccc(/C=C/C(=O)N4CCOCC4)c(C(F)(F)F)c3C(F)(F)F)c2)c1. The Labute approximate surface area is 242 Å². The Morgan fingerprint density at radius 1 is 0.929 bits per heavy atom. The molecular formula is C28H24F6N2O4S2. The van der Waals surface area contributed by atoms with Crippen molar-refractivity contribution >= 4 is 39.5 Å². The molecule has 1 N–H and O–H groups in total. The van der Waals surface area contributed by atoms with E-state index in [4.69, 9.17) is 4.74 Å². The van der Waals surface area contributed by atoms with Gasteiger partial charge in [-0.05, 0) is 60.5 Å². The lowest BCUT2D eigenvalue weighted by atomic mass is 9.99. The highest BCUT2D eigenvalue weighted by Gasteiger charge is 2.46. The molecule has 1 aliphatic rings. The Morgan fingerprint density at radius 2 is 1.60 bits per heavy atom. The summed E-state index contributed by atoms with van der Waals surface area (Å²) in [5.41, 5.74) is -3.96. The molecule has 0 unspecified atom stereocenters. The van der Waals surface area contributed by atoms with E-state index < -0.39 is 49.9 Å². The zero-order valence-corrected chi connectivity index (χ0v) is 23.6. The van der Waals surface area contributed by atoms with Crippen molar-refractivity contribution < 1.29 is 44.3 Å². The third-order valence-corrected chi connectivity index (χ3v) is 8.54. The van der Waals surface area contributed by atoms with Gasteiger partial charge in [0.2, 0.25) is 5.91 Å². The third-order valence-electron chi connectivity index (χ3n) is 6.11. The summed E-state index contributed by atoms with van der Waals surface area (Å²) in [5.74, 6) is -0.650. The summed E-state index contributed by atoms with van der Waals surface area (Å²) >= 11 is 0.398. The molecule has 3 aromatic carbocycles. The van der Waals surface area contributed by atoms with Crippen molar-refractivity contribution in [1.82, 2.24) is 4.90 Å². The van der Waals surface area contributed by atoms with Crippen molar-refractivity contribution in [3.63, 3.8) is 0 Å². The highest BCUT2D eigenvalue weighted by molar-refractivity contribution is 7.99. The zero-order valence-electron chi connectivity index (χ0n) is 21.9. The van der Waals surface area contributed by atoms with Gasteiger partial charge in [-0.25, -0.2) is 8.42 Å². The zero-order chi connectivity index (χ0) is 30.7. The van der Waals surface area contributed by atoms with Gasteiger partial charge in [-0.1, -0.05) is 36.0 Å². The van der Waals surface area contributed by atoms with E-state index in [1.807, 2.05) is 0 Å². The maximum Gasteiger partial charge on any atom is 0.418 e. The van der Waals surface area contributed by atoms with E-state index in [0.717, 1.165) is 24.3 Å². The lowest BCUT2D eigenvalue weighted by Crippen LogP contribution is -2.39. The molecule has 1 heterocycles. The van der Waals surface area contributed by atoms with Crippen LogP contribution in [0.15, 0.2) is 81.4 Å². The normalized spacial score (nSPS) is 14.8. The number of sulfonamides is 1. The average molecular weight is 631 g/mol. The van der Waals surface area contributed by atoms with E-state index in [2.05, 4.69) is 4.72 Å². The molecule has 0 atom stereocenters. The quantitative estimate of drug-likeness (QED) is 0.228. The molecule has 4 rings (SSSR count). The van der Waals surface area contributed by atoms with Crippen LogP contribution in [0.3, 0.4) is 0 Å². The van der Waals surface area contributed by atoms with Crippen LogP contribution in [0.1, 0.15) is 22.3 Å². The van der Waals surface area contributed by atoms with Gasteiger partial charge in [0.15, 0.2) is 0 Å². The summed E-state index contributed by atoms with van der Waals surface area (Å²) in [6.45, 7) is 2.60. The summed E-state index contributed by atoms with van der Waals surface area (Å²) in [6.07, 6.45) is -9.28. The number of nitrogens with zero attached hydrogens (tertiary/aromatic N) is 1. The number of hydrogen-bond acceptors (Lipinski definition) is 5. The standard InChI is InChI=1S/C28H24F6N2O4S2/c1-18-4-2-7-22(16-18)42(38,39)35-20-5-3-6-21(17-20)41-23-10-8-19(9-11-24(37)36-12-14-40-15-13-36)25(27(29,30)31)26(23)28(32,33)34/h2-11,16-17,35H,12-15H2,1H3/b11-9+. The van der Waals surface area contributed by atoms with Crippen molar-refractivity contribution in [1.29, 1.82) is 0 Å². The van der Waals surface area contributed by atoms with E-state index >= 15 is 0 Å². The average Bonchev–Trinajstić information content (AvgIpc) is 2.91. The van der Waals surface area contributed by atoms with Crippen molar-refractivity contribution in [2.75, 3.05) is 31.0 Å². The van der Waals surface area contributed by atoms with Gasteiger partial charge in [-0.3, -0.25) is 9.52 Å². The number of aryl methyl sites for hydroxylation is 1. The van der Waals surface area contributed by atoms with Crippen LogP contribution < -0.4 is 4.72 Å². The van der Waals surface area contributed by atoms with E-state index in [1.165, 1.54) is 41.3 Å². The summed E-state index contributed by atoms with van der Waals surface area (Å²) in [5, 5.41) is 0. The van der Waals surface area contributed by atoms with Crippen molar-refractivity contribution in [2.24, 2.45) is 0 Å². The number of morpholine rings is 1. The second kappa shape index (κ2) is 12.4. The fourth-order valence-corrected chi connectivity index (χ4v) is 6.40. The fraction of sp³-hybridized carbons (Fsp3) is 0.250. The van der Waals surface area contributed by atoms with E-state index in [9.17, 15) is 39.6 Å². The number of ether oxygens (including phenoxy) is 1. The molecule has 0 aliphatic carbocycles. The largest absolute Gasteiger partial charge is 0.418 e. The number of amides is 1. The van der Waals surface area contributed by atoms with E-state index in [0.29, 0.717) is 17.3 Å². The monoisotopic (exact) mass is 630 g/mol. The van der Waals surface area contributed by atoms with Crippen LogP contribution in [0.4, 0.5) is 32.0 Å². The number of carbonyl (C=O) groups excluding carboxylic acids is 1. The molecule has 1 amide bonds. The van der Waals surface area contributed by atoms with Gasteiger partial charge >= 0.3 is 12.4 Å². The third kappa shape index (κ3) is 7.66. The molecule has 14 heteroatoms. The molecule has 42 heavy (non-hydrogen) atoms. The number of hydrogen-bond donors (Lipinski definition) is 1. The van der Waals surface area contributed by atoms with Gasteiger partial charge < -0.3 is 9.64 Å². The van der Waals surface area contributed by atoms with Crippen LogP contribution in [-0.4, -0.2) is 45.5 Å². The number of nitrogens with one attached hydrogen (secondary N) is 1. The topological polar surface area (TPSA) is 75.7 Å². The highest BCUT2D eigenvalue weighted by atomic mass is 32.2. The first-order chi connectivity index (χ1) is 19.6. The molecule has 0 bridgehead atoms. The second-order valence-corrected chi connectivity index (χ2v) is 12.0. The minimum atomic E-state index is -5.41. The number of rotatable bonds is 7. The maximum absolute atomic E-state index is 14.2. The Morgan fingerprint density at radius 3 is 2.24 bits per heavy atom. The van der Waals surface area contributed by atoms with Crippen LogP contribution in [-0.2, 0) is 31.9 Å². The lowest BCUT2D eigenvalue weighted by Gasteiger charge is -2.25. The first-order valence-corrected chi connectivity index (χ1v) is 14.7. The molecule has 1 fully saturated rings. The minimum Gasteiger partial charge on any atom is -0.378 e. The number of halogens is 6. The van der Waals surface area contributed by atoms with Crippen LogP contribution >= 0.6 is 11.8 Å². The number of anilines is 1. The fourth-order valence-electron chi connectivity index (χ4n) is 4.21. The summed E-state index contributed by atoms with van der Waals surface area (Å²) in [6, 6.07) is 13.1. The molecule has 224 valence electrons. The van der Waals surface area contributed by atoms with Crippen LogP contribution in [0.5, 0.6) is 0 Å². The van der Waals surface area contributed by atoms with Gasteiger partial charge in [-0.2, -0.15) is 26.3 Å². The molecule has 3 aromatic rings. The summed E-state index contributed by atoms with van der Waals surface area (Å²) in [7, 11) is -4.04. The summed E-state index contributed by atoms with van der Waals surface area (Å²) in [4.78, 5) is 13.0. The van der Waals surface area contributed by atoms with E-state index in [1.54, 1.807) is 19.1 Å². The molecular weight excluding hydrogens is 606 g/mol. The molecule has 0 radical (unpaired) electrons. The van der Waals surface area contributed by atoms with Crippen LogP contribution in [0, 0.1) is 6.92 Å². The van der Waals surface area contributed by atoms with Gasteiger partial charge in [0, 0.05) is 34.6 Å². The van der Waals surface area contributed by atoms with Crippen molar-refractivity contribution in [2.45, 2.75) is 34.0 Å². The second-order valence-electron chi connectivity index (χ2n) is 9.22. The minimum absolute atomic E-state index is 0.00675. The van der Waals surface area contributed by atoms with E-state index in [-0.39, 0.29) is 41.8 Å². The Hall–Kier alpha value is -3.49. The number of benzene rings is 3. The Bertz CT molecular complexity index is 1600. The summed E-state index contributed by atoms with van der Waals surface area (Å²) < 4.78 is 118. The molecule has 0 saturated carbocycles. The van der Waals surface area contributed by atoms with Gasteiger partial charge in [-0.15, -0.1) is 0 Å². The first-order valence-electron chi connectivity index (χ1n) is 12.4. The first kappa shape index (κ1) is 31.4. The van der Waals surface area contributed by atoms with Crippen molar-refractivity contribution in [3.8, 4) is 0 Å². The highest BCUT2D eigenvalue weighted by Crippen LogP contribution is 2.48. The Balaban J connectivity index is 1.69. The maximum atomic E-state index is 14.2. The van der Waals surface area contributed by atoms with Gasteiger partial charge in [0.05, 0.1) is 29.2 Å². The van der Waals surface area contributed by atoms with Gasteiger partial charge in [0.25, 0.3) is 10.0 Å². The predicted octanol–water partition coefficient (Wildman–Crippen LogP) is 6.86. The lowest BCUT2D eigenvalue weighted by molar-refractivity contribution is -0.163. The molecule has 0 spiro atoms. The van der Waals surface area contributed by atoms with Gasteiger partial charge in [0.1, 0.15) is 0 Å². The predicted molar refractivity (Wildman–Crippen MR) is 145 cm³/mol. The van der Waals surface area contributed by atoms with Crippen molar-refractivity contribution in [3.05, 3.63) is 89.0 Å².